The van der Waals surface area contributed by atoms with Crippen molar-refractivity contribution in [3.63, 3.8) is 0 Å². The fraction of sp³-hybridized carbons (Fsp3) is 0.318. The van der Waals surface area contributed by atoms with Crippen LogP contribution >= 0.6 is 11.3 Å². The van der Waals surface area contributed by atoms with Crippen molar-refractivity contribution in [1.82, 2.24) is 10.2 Å². The fourth-order valence-electron chi connectivity index (χ4n) is 3.88. The molecule has 5 nitrogen and oxygen atoms in total. The SMILES string of the molecule is C[C@H](NC(=O)c1ccco1)[C@H](c1cccs1)N1CCN(c2ccc(F)cc2)CC1. The molecule has 1 fully saturated rings. The van der Waals surface area contributed by atoms with E-state index < -0.39 is 0 Å². The number of hydrogen-bond donors (Lipinski definition) is 1. The number of thiophene rings is 1. The summed E-state index contributed by atoms with van der Waals surface area (Å²) in [5.41, 5.74) is 1.04. The molecule has 1 saturated heterocycles. The van der Waals surface area contributed by atoms with Crippen LogP contribution in [0.2, 0.25) is 0 Å². The summed E-state index contributed by atoms with van der Waals surface area (Å²) in [4.78, 5) is 18.4. The van der Waals surface area contributed by atoms with Crippen molar-refractivity contribution in [3.05, 3.63) is 76.6 Å². The summed E-state index contributed by atoms with van der Waals surface area (Å²) in [5, 5.41) is 5.16. The number of rotatable bonds is 6. The minimum atomic E-state index is -0.216. The van der Waals surface area contributed by atoms with Crippen molar-refractivity contribution in [2.45, 2.75) is 19.0 Å². The predicted molar refractivity (Wildman–Crippen MR) is 113 cm³/mol. The number of piperazine rings is 1. The molecule has 0 spiro atoms. The highest BCUT2D eigenvalue weighted by atomic mass is 32.1. The monoisotopic (exact) mass is 413 g/mol. The standard InChI is InChI=1S/C22H24FN3O2S/c1-16(24-22(27)19-4-2-14-28-19)21(20-5-3-15-29-20)26-12-10-25(11-13-26)18-8-6-17(23)7-9-18/h2-9,14-16,21H,10-13H2,1H3,(H,24,27)/t16-,21+/m0/s1. The van der Waals surface area contributed by atoms with Gasteiger partial charge >= 0.3 is 0 Å². The Bertz CT molecular complexity index is 904. The molecule has 1 amide bonds. The van der Waals surface area contributed by atoms with E-state index in [1.54, 1.807) is 23.5 Å². The van der Waals surface area contributed by atoms with Crippen molar-refractivity contribution in [2.75, 3.05) is 31.1 Å². The van der Waals surface area contributed by atoms with Crippen LogP contribution < -0.4 is 10.2 Å². The Balaban J connectivity index is 1.45. The maximum atomic E-state index is 13.2. The average molecular weight is 414 g/mol. The van der Waals surface area contributed by atoms with Crippen LogP contribution in [0.1, 0.15) is 28.4 Å². The Kier molecular flexibility index (Phi) is 5.97. The number of nitrogens with one attached hydrogen (secondary N) is 1. The largest absolute Gasteiger partial charge is 0.459 e. The fourth-order valence-corrected chi connectivity index (χ4v) is 4.84. The van der Waals surface area contributed by atoms with E-state index >= 15 is 0 Å². The van der Waals surface area contributed by atoms with Crippen LogP contribution in [-0.4, -0.2) is 43.0 Å². The molecular weight excluding hydrogens is 389 g/mol. The van der Waals surface area contributed by atoms with Crippen molar-refractivity contribution < 1.29 is 13.6 Å². The van der Waals surface area contributed by atoms with Gasteiger partial charge in [-0.3, -0.25) is 9.69 Å². The van der Waals surface area contributed by atoms with Crippen LogP contribution in [0, 0.1) is 5.82 Å². The molecule has 152 valence electrons. The molecule has 3 aromatic rings. The zero-order chi connectivity index (χ0) is 20.2. The average Bonchev–Trinajstić information content (AvgIpc) is 3.44. The molecule has 3 heterocycles. The molecule has 29 heavy (non-hydrogen) atoms. The minimum absolute atomic E-state index is 0.0800. The number of anilines is 1. The molecule has 7 heteroatoms. The van der Waals surface area contributed by atoms with Crippen molar-refractivity contribution in [2.24, 2.45) is 0 Å². The first kappa shape index (κ1) is 19.7. The molecule has 1 aliphatic rings. The first-order valence-electron chi connectivity index (χ1n) is 9.74. The molecule has 2 aromatic heterocycles. The van der Waals surface area contributed by atoms with Gasteiger partial charge in [-0.25, -0.2) is 4.39 Å². The summed E-state index contributed by atoms with van der Waals surface area (Å²) in [6.07, 6.45) is 1.50. The third-order valence-electron chi connectivity index (χ3n) is 5.31. The lowest BCUT2D eigenvalue weighted by Crippen LogP contribution is -2.52. The Morgan fingerprint density at radius 2 is 1.86 bits per heavy atom. The Labute approximate surface area is 173 Å². The van der Waals surface area contributed by atoms with Crippen LogP contribution in [0.3, 0.4) is 0 Å². The van der Waals surface area contributed by atoms with E-state index in [-0.39, 0.29) is 23.8 Å². The molecule has 2 atom stereocenters. The highest BCUT2D eigenvalue weighted by Crippen LogP contribution is 2.30. The van der Waals surface area contributed by atoms with E-state index in [1.165, 1.54) is 23.3 Å². The van der Waals surface area contributed by atoms with Gasteiger partial charge in [0, 0.05) is 42.8 Å². The smallest absolute Gasteiger partial charge is 0.287 e. The topological polar surface area (TPSA) is 48.7 Å². The molecule has 4 rings (SSSR count). The lowest BCUT2D eigenvalue weighted by molar-refractivity contribution is 0.0863. The number of nitrogens with zero attached hydrogens (tertiary/aromatic N) is 2. The quantitative estimate of drug-likeness (QED) is 0.659. The number of carbonyl (C=O) groups excluding carboxylic acids is 1. The van der Waals surface area contributed by atoms with Crippen LogP contribution in [0.5, 0.6) is 0 Å². The summed E-state index contributed by atoms with van der Waals surface area (Å²) >= 11 is 1.70. The van der Waals surface area contributed by atoms with Crippen LogP contribution in [0.15, 0.2) is 64.6 Å². The lowest BCUT2D eigenvalue weighted by Gasteiger charge is -2.42. The van der Waals surface area contributed by atoms with Gasteiger partial charge in [0.25, 0.3) is 5.91 Å². The molecular formula is C22H24FN3O2S. The first-order valence-corrected chi connectivity index (χ1v) is 10.6. The summed E-state index contributed by atoms with van der Waals surface area (Å²) in [6.45, 7) is 5.47. The summed E-state index contributed by atoms with van der Waals surface area (Å²) in [5.74, 6) is -0.0943. The second-order valence-electron chi connectivity index (χ2n) is 7.20. The number of carbonyl (C=O) groups is 1. The van der Waals surface area contributed by atoms with Crippen molar-refractivity contribution in [1.29, 1.82) is 0 Å². The Morgan fingerprint density at radius 1 is 1.10 bits per heavy atom. The Morgan fingerprint density at radius 3 is 2.48 bits per heavy atom. The maximum absolute atomic E-state index is 13.2. The van der Waals surface area contributed by atoms with Gasteiger partial charge in [0.1, 0.15) is 5.82 Å². The van der Waals surface area contributed by atoms with E-state index in [2.05, 4.69) is 26.6 Å². The maximum Gasteiger partial charge on any atom is 0.287 e. The van der Waals surface area contributed by atoms with Gasteiger partial charge in [-0.1, -0.05) is 6.07 Å². The van der Waals surface area contributed by atoms with Crippen LogP contribution in [0.25, 0.3) is 0 Å². The van der Waals surface area contributed by atoms with Gasteiger partial charge in [-0.05, 0) is 54.8 Å². The van der Waals surface area contributed by atoms with E-state index in [1.807, 2.05) is 25.1 Å². The third kappa shape index (κ3) is 4.52. The van der Waals surface area contributed by atoms with Crippen LogP contribution in [0.4, 0.5) is 10.1 Å². The molecule has 0 radical (unpaired) electrons. The first-order chi connectivity index (χ1) is 14.1. The highest BCUT2D eigenvalue weighted by Gasteiger charge is 2.31. The number of furan rings is 1. The number of amides is 1. The minimum Gasteiger partial charge on any atom is -0.459 e. The highest BCUT2D eigenvalue weighted by molar-refractivity contribution is 7.10. The summed E-state index contributed by atoms with van der Waals surface area (Å²) in [7, 11) is 0. The second kappa shape index (κ2) is 8.80. The van der Waals surface area contributed by atoms with E-state index in [9.17, 15) is 9.18 Å². The van der Waals surface area contributed by atoms with Gasteiger partial charge in [-0.2, -0.15) is 0 Å². The van der Waals surface area contributed by atoms with E-state index in [0.29, 0.717) is 5.76 Å². The molecule has 1 aromatic carbocycles. The van der Waals surface area contributed by atoms with Crippen LogP contribution in [-0.2, 0) is 0 Å². The third-order valence-corrected chi connectivity index (χ3v) is 6.25. The van der Waals surface area contributed by atoms with Crippen molar-refractivity contribution >= 4 is 22.9 Å². The summed E-state index contributed by atoms with van der Waals surface area (Å²) < 4.78 is 18.4. The molecule has 0 unspecified atom stereocenters. The predicted octanol–water partition coefficient (Wildman–Crippen LogP) is 4.16. The zero-order valence-electron chi connectivity index (χ0n) is 16.3. The zero-order valence-corrected chi connectivity index (χ0v) is 17.1. The van der Waals surface area contributed by atoms with Gasteiger partial charge in [0.2, 0.25) is 0 Å². The summed E-state index contributed by atoms with van der Waals surface area (Å²) in [6, 6.07) is 14.2. The molecule has 1 N–H and O–H groups in total. The Hall–Kier alpha value is -2.64. The van der Waals surface area contributed by atoms with E-state index in [4.69, 9.17) is 4.42 Å². The van der Waals surface area contributed by atoms with E-state index in [0.717, 1.165) is 31.9 Å². The van der Waals surface area contributed by atoms with Gasteiger partial charge in [-0.15, -0.1) is 11.3 Å². The molecule has 0 saturated carbocycles. The normalized spacial score (nSPS) is 17.1. The second-order valence-corrected chi connectivity index (χ2v) is 8.18. The van der Waals surface area contributed by atoms with Gasteiger partial charge < -0.3 is 14.6 Å². The molecule has 1 aliphatic heterocycles. The molecule has 0 aliphatic carbocycles. The lowest BCUT2D eigenvalue weighted by atomic mass is 10.0. The number of halogens is 1. The van der Waals surface area contributed by atoms with Crippen molar-refractivity contribution in [3.8, 4) is 0 Å². The molecule has 0 bridgehead atoms. The number of hydrogen-bond acceptors (Lipinski definition) is 5. The van der Waals surface area contributed by atoms with Gasteiger partial charge in [0.05, 0.1) is 12.3 Å². The van der Waals surface area contributed by atoms with Gasteiger partial charge in [0.15, 0.2) is 5.76 Å². The number of benzene rings is 1.